The largest absolute Gasteiger partial charge is 0.388 e. The number of rotatable bonds is 3. The van der Waals surface area contributed by atoms with Crippen LogP contribution in [0.3, 0.4) is 0 Å². The second kappa shape index (κ2) is 5.61. The molecule has 0 amide bonds. The molecule has 0 aliphatic carbocycles. The van der Waals surface area contributed by atoms with Gasteiger partial charge >= 0.3 is 0 Å². The van der Waals surface area contributed by atoms with E-state index in [0.29, 0.717) is 0 Å². The normalized spacial score (nSPS) is 10.8. The SMILES string of the molecule is CNc1cccc(Nc2c3ccccc3nc3ccccc23)c1. The number of aromatic nitrogens is 1. The summed E-state index contributed by atoms with van der Waals surface area (Å²) in [5.74, 6) is 0. The lowest BCUT2D eigenvalue weighted by Gasteiger charge is -2.14. The van der Waals surface area contributed by atoms with Gasteiger partial charge in [-0.2, -0.15) is 0 Å². The lowest BCUT2D eigenvalue weighted by molar-refractivity contribution is 1.47. The van der Waals surface area contributed by atoms with Crippen molar-refractivity contribution in [2.24, 2.45) is 0 Å². The lowest BCUT2D eigenvalue weighted by atomic mass is 10.1. The van der Waals surface area contributed by atoms with Crippen molar-refractivity contribution in [1.29, 1.82) is 0 Å². The molecule has 1 aromatic heterocycles. The van der Waals surface area contributed by atoms with Crippen LogP contribution in [-0.4, -0.2) is 12.0 Å². The number of fused-ring (bicyclic) bond motifs is 2. The summed E-state index contributed by atoms with van der Waals surface area (Å²) in [6, 6.07) is 24.7. The first-order chi connectivity index (χ1) is 11.3. The number of hydrogen-bond donors (Lipinski definition) is 2. The zero-order valence-corrected chi connectivity index (χ0v) is 12.9. The molecule has 0 bridgehead atoms. The van der Waals surface area contributed by atoms with Crippen LogP contribution in [0.1, 0.15) is 0 Å². The van der Waals surface area contributed by atoms with E-state index in [9.17, 15) is 0 Å². The van der Waals surface area contributed by atoms with Crippen LogP contribution in [-0.2, 0) is 0 Å². The number of nitrogens with zero attached hydrogens (tertiary/aromatic N) is 1. The highest BCUT2D eigenvalue weighted by atomic mass is 14.9. The maximum atomic E-state index is 4.76. The summed E-state index contributed by atoms with van der Waals surface area (Å²) in [6.07, 6.45) is 0. The lowest BCUT2D eigenvalue weighted by Crippen LogP contribution is -1.96. The fraction of sp³-hybridized carbons (Fsp3) is 0.0500. The molecule has 1 heterocycles. The van der Waals surface area contributed by atoms with Gasteiger partial charge in [-0.3, -0.25) is 0 Å². The van der Waals surface area contributed by atoms with Gasteiger partial charge in [0.2, 0.25) is 0 Å². The third kappa shape index (κ3) is 2.46. The fourth-order valence-electron chi connectivity index (χ4n) is 2.87. The minimum atomic E-state index is 0.999. The van der Waals surface area contributed by atoms with E-state index in [0.717, 1.165) is 38.9 Å². The summed E-state index contributed by atoms with van der Waals surface area (Å²) in [5, 5.41) is 9.01. The molecular formula is C20H17N3. The van der Waals surface area contributed by atoms with E-state index in [1.807, 2.05) is 43.4 Å². The summed E-state index contributed by atoms with van der Waals surface area (Å²) < 4.78 is 0. The van der Waals surface area contributed by atoms with E-state index in [1.165, 1.54) is 0 Å². The Hall–Kier alpha value is -3.07. The number of hydrogen-bond acceptors (Lipinski definition) is 3. The third-order valence-corrected chi connectivity index (χ3v) is 4.01. The summed E-state index contributed by atoms with van der Waals surface area (Å²) in [4.78, 5) is 4.76. The smallest absolute Gasteiger partial charge is 0.0730 e. The van der Waals surface area contributed by atoms with Gasteiger partial charge in [0, 0.05) is 29.2 Å². The van der Waals surface area contributed by atoms with Gasteiger partial charge < -0.3 is 10.6 Å². The Morgan fingerprint density at radius 2 is 1.30 bits per heavy atom. The molecule has 0 spiro atoms. The van der Waals surface area contributed by atoms with Crippen LogP contribution in [0.25, 0.3) is 21.8 Å². The van der Waals surface area contributed by atoms with E-state index in [2.05, 4.69) is 47.0 Å². The number of para-hydroxylation sites is 2. The minimum absolute atomic E-state index is 0.999. The van der Waals surface area contributed by atoms with Crippen molar-refractivity contribution < 1.29 is 0 Å². The van der Waals surface area contributed by atoms with Crippen LogP contribution < -0.4 is 10.6 Å². The first-order valence-corrected chi connectivity index (χ1v) is 7.67. The Morgan fingerprint density at radius 1 is 0.696 bits per heavy atom. The van der Waals surface area contributed by atoms with Gasteiger partial charge in [-0.25, -0.2) is 4.98 Å². The van der Waals surface area contributed by atoms with Crippen molar-refractivity contribution in [2.75, 3.05) is 17.7 Å². The van der Waals surface area contributed by atoms with Crippen molar-refractivity contribution in [2.45, 2.75) is 0 Å². The Kier molecular flexibility index (Phi) is 3.31. The van der Waals surface area contributed by atoms with Crippen LogP contribution in [0.4, 0.5) is 17.1 Å². The maximum Gasteiger partial charge on any atom is 0.0730 e. The molecule has 0 aliphatic rings. The molecule has 23 heavy (non-hydrogen) atoms. The van der Waals surface area contributed by atoms with Crippen LogP contribution in [0.5, 0.6) is 0 Å². The van der Waals surface area contributed by atoms with E-state index < -0.39 is 0 Å². The summed E-state index contributed by atoms with van der Waals surface area (Å²) in [5.41, 5.74) is 5.23. The maximum absolute atomic E-state index is 4.76. The Labute approximate surface area is 135 Å². The molecule has 4 aromatic rings. The van der Waals surface area contributed by atoms with Crippen molar-refractivity contribution in [3.8, 4) is 0 Å². The van der Waals surface area contributed by atoms with E-state index in [4.69, 9.17) is 4.98 Å². The molecule has 0 aliphatic heterocycles. The molecule has 0 atom stereocenters. The molecule has 0 unspecified atom stereocenters. The zero-order valence-electron chi connectivity index (χ0n) is 12.9. The number of pyridine rings is 1. The molecule has 2 N–H and O–H groups in total. The molecule has 3 aromatic carbocycles. The van der Waals surface area contributed by atoms with Gasteiger partial charge in [-0.05, 0) is 30.3 Å². The standard InChI is InChI=1S/C20H17N3/c1-21-14-7-6-8-15(13-14)22-20-16-9-2-4-11-18(16)23-19-12-5-3-10-17(19)20/h2-13,21H,1H3,(H,22,23). The van der Waals surface area contributed by atoms with E-state index in [-0.39, 0.29) is 0 Å². The summed E-state index contributed by atoms with van der Waals surface area (Å²) in [7, 11) is 1.93. The Bertz CT molecular complexity index is 938. The van der Waals surface area contributed by atoms with Crippen molar-refractivity contribution in [3.05, 3.63) is 72.8 Å². The fourth-order valence-corrected chi connectivity index (χ4v) is 2.87. The molecular weight excluding hydrogens is 282 g/mol. The number of anilines is 3. The molecule has 112 valence electrons. The number of benzene rings is 3. The predicted molar refractivity (Wildman–Crippen MR) is 98.5 cm³/mol. The molecule has 0 saturated heterocycles. The van der Waals surface area contributed by atoms with Crippen LogP contribution in [0.2, 0.25) is 0 Å². The summed E-state index contributed by atoms with van der Waals surface area (Å²) in [6.45, 7) is 0. The van der Waals surface area contributed by atoms with E-state index >= 15 is 0 Å². The highest BCUT2D eigenvalue weighted by molar-refractivity contribution is 6.08. The third-order valence-electron chi connectivity index (χ3n) is 4.01. The van der Waals surface area contributed by atoms with Crippen molar-refractivity contribution >= 4 is 38.9 Å². The minimum Gasteiger partial charge on any atom is -0.388 e. The van der Waals surface area contributed by atoms with E-state index in [1.54, 1.807) is 0 Å². The van der Waals surface area contributed by atoms with Crippen LogP contribution >= 0.6 is 0 Å². The molecule has 3 nitrogen and oxygen atoms in total. The molecule has 3 heteroatoms. The second-order valence-corrected chi connectivity index (χ2v) is 5.48. The van der Waals surface area contributed by atoms with Crippen LogP contribution in [0.15, 0.2) is 72.8 Å². The molecule has 4 rings (SSSR count). The van der Waals surface area contributed by atoms with Crippen molar-refractivity contribution in [1.82, 2.24) is 4.98 Å². The Morgan fingerprint density at radius 3 is 1.96 bits per heavy atom. The summed E-state index contributed by atoms with van der Waals surface area (Å²) >= 11 is 0. The van der Waals surface area contributed by atoms with Gasteiger partial charge in [0.05, 0.1) is 16.7 Å². The van der Waals surface area contributed by atoms with Gasteiger partial charge in [0.15, 0.2) is 0 Å². The topological polar surface area (TPSA) is 37.0 Å². The van der Waals surface area contributed by atoms with Gasteiger partial charge in [0.1, 0.15) is 0 Å². The average Bonchev–Trinajstić information content (AvgIpc) is 2.61. The quantitative estimate of drug-likeness (QED) is 0.512. The van der Waals surface area contributed by atoms with Crippen LogP contribution in [0, 0.1) is 0 Å². The highest BCUT2D eigenvalue weighted by Crippen LogP contribution is 2.33. The average molecular weight is 299 g/mol. The highest BCUT2D eigenvalue weighted by Gasteiger charge is 2.08. The first kappa shape index (κ1) is 13.6. The Balaban J connectivity index is 1.95. The van der Waals surface area contributed by atoms with Gasteiger partial charge in [-0.15, -0.1) is 0 Å². The predicted octanol–water partition coefficient (Wildman–Crippen LogP) is 5.17. The molecule has 0 radical (unpaired) electrons. The first-order valence-electron chi connectivity index (χ1n) is 7.67. The molecule has 0 fully saturated rings. The van der Waals surface area contributed by atoms with Gasteiger partial charge in [-0.1, -0.05) is 42.5 Å². The second-order valence-electron chi connectivity index (χ2n) is 5.48. The molecule has 0 saturated carbocycles. The zero-order chi connectivity index (χ0) is 15.6. The monoisotopic (exact) mass is 299 g/mol. The van der Waals surface area contributed by atoms with Gasteiger partial charge in [0.25, 0.3) is 0 Å². The number of nitrogens with one attached hydrogen (secondary N) is 2. The van der Waals surface area contributed by atoms with Crippen molar-refractivity contribution in [3.63, 3.8) is 0 Å².